The highest BCUT2D eigenvalue weighted by Crippen LogP contribution is 2.30. The molecule has 0 spiro atoms. The Morgan fingerprint density at radius 2 is 1.91 bits per heavy atom. The maximum absolute atomic E-state index is 14.2. The van der Waals surface area contributed by atoms with Gasteiger partial charge in [-0.3, -0.25) is 19.9 Å². The second-order valence-electron chi connectivity index (χ2n) is 6.89. The molecule has 1 aromatic carbocycles. The van der Waals surface area contributed by atoms with E-state index in [1.165, 1.54) is 35.2 Å². The number of alkyl halides is 3. The quantitative estimate of drug-likeness (QED) is 0.421. The zero-order chi connectivity index (χ0) is 23.6. The number of hydrogen-bond donors (Lipinski definition) is 1. The van der Waals surface area contributed by atoms with Gasteiger partial charge in [-0.25, -0.2) is 4.98 Å². The minimum Gasteiger partial charge on any atom is -0.311 e. The summed E-state index contributed by atoms with van der Waals surface area (Å²) < 4.78 is 54.0. The van der Waals surface area contributed by atoms with Gasteiger partial charge in [0.1, 0.15) is 5.69 Å². The summed E-state index contributed by atoms with van der Waals surface area (Å²) >= 11 is 0.620. The molecule has 3 aromatic heterocycles. The highest BCUT2D eigenvalue weighted by Gasteiger charge is 2.30. The first kappa shape index (κ1) is 22.3. The highest BCUT2D eigenvalue weighted by molar-refractivity contribution is 7.14. The van der Waals surface area contributed by atoms with E-state index in [2.05, 4.69) is 15.3 Å². The van der Waals surface area contributed by atoms with Crippen molar-refractivity contribution in [2.24, 2.45) is 0 Å². The van der Waals surface area contributed by atoms with Crippen molar-refractivity contribution >= 4 is 22.4 Å². The van der Waals surface area contributed by atoms with Crippen LogP contribution in [0.25, 0.3) is 11.4 Å². The SMILES string of the molecule is O=C(Nc1nc(-c2ccccn2)c(F)s1)c1ccn(Cc2cccc(C(F)(F)F)c2)c(=O)c1. The fraction of sp³-hybridized carbons (Fsp3) is 0.0909. The molecule has 1 amide bonds. The van der Waals surface area contributed by atoms with Crippen molar-refractivity contribution in [3.8, 4) is 11.4 Å². The van der Waals surface area contributed by atoms with Crippen molar-refractivity contribution in [2.75, 3.05) is 5.32 Å². The number of aromatic nitrogens is 3. The monoisotopic (exact) mass is 474 g/mol. The predicted molar refractivity (Wildman–Crippen MR) is 115 cm³/mol. The Balaban J connectivity index is 1.50. The Morgan fingerprint density at radius 3 is 2.61 bits per heavy atom. The smallest absolute Gasteiger partial charge is 0.311 e. The summed E-state index contributed by atoms with van der Waals surface area (Å²) in [5.41, 5.74) is -0.819. The van der Waals surface area contributed by atoms with Crippen LogP contribution >= 0.6 is 11.3 Å². The molecule has 168 valence electrons. The highest BCUT2D eigenvalue weighted by atomic mass is 32.1. The average Bonchev–Trinajstić information content (AvgIpc) is 3.15. The van der Waals surface area contributed by atoms with E-state index in [1.807, 2.05) is 0 Å². The lowest BCUT2D eigenvalue weighted by Crippen LogP contribution is -2.22. The van der Waals surface area contributed by atoms with Gasteiger partial charge in [-0.15, -0.1) is 0 Å². The van der Waals surface area contributed by atoms with E-state index >= 15 is 0 Å². The first-order valence-electron chi connectivity index (χ1n) is 9.46. The molecule has 3 heterocycles. The van der Waals surface area contributed by atoms with Gasteiger partial charge in [0.25, 0.3) is 11.5 Å². The number of anilines is 1. The van der Waals surface area contributed by atoms with Crippen molar-refractivity contribution < 1.29 is 22.4 Å². The van der Waals surface area contributed by atoms with Gasteiger partial charge in [0.15, 0.2) is 5.13 Å². The molecule has 0 bridgehead atoms. The number of nitrogens with zero attached hydrogens (tertiary/aromatic N) is 3. The van der Waals surface area contributed by atoms with Crippen LogP contribution in [0.15, 0.2) is 71.8 Å². The number of halogens is 4. The van der Waals surface area contributed by atoms with Crippen LogP contribution < -0.4 is 10.9 Å². The number of carbonyl (C=O) groups is 1. The molecule has 4 rings (SSSR count). The largest absolute Gasteiger partial charge is 0.416 e. The summed E-state index contributed by atoms with van der Waals surface area (Å²) in [5.74, 6) is -0.681. The second kappa shape index (κ2) is 8.94. The molecule has 0 atom stereocenters. The predicted octanol–water partition coefficient (Wildman–Crippen LogP) is 4.83. The molecular weight excluding hydrogens is 460 g/mol. The van der Waals surface area contributed by atoms with Crippen LogP contribution in [0.2, 0.25) is 0 Å². The van der Waals surface area contributed by atoms with Gasteiger partial charge >= 0.3 is 6.18 Å². The molecule has 4 aromatic rings. The van der Waals surface area contributed by atoms with E-state index in [4.69, 9.17) is 0 Å². The number of amides is 1. The number of nitrogens with one attached hydrogen (secondary N) is 1. The normalized spacial score (nSPS) is 11.4. The van der Waals surface area contributed by atoms with Gasteiger partial charge in [0.05, 0.1) is 17.8 Å². The fourth-order valence-corrected chi connectivity index (χ4v) is 3.70. The van der Waals surface area contributed by atoms with Crippen LogP contribution in [0.1, 0.15) is 21.5 Å². The van der Waals surface area contributed by atoms with E-state index in [9.17, 15) is 27.2 Å². The van der Waals surface area contributed by atoms with Gasteiger partial charge in [-0.2, -0.15) is 17.6 Å². The van der Waals surface area contributed by atoms with Crippen LogP contribution in [0.4, 0.5) is 22.7 Å². The third kappa shape index (κ3) is 5.14. The standard InChI is InChI=1S/C22H14F4N4O2S/c23-19-18(16-6-1-2-8-27-16)28-21(33-19)29-20(32)14-7-9-30(17(31)11-14)12-13-4-3-5-15(10-13)22(24,25)26/h1-11H,12H2,(H,28,29,32). The molecular formula is C22H14F4N4O2S. The lowest BCUT2D eigenvalue weighted by atomic mass is 10.1. The van der Waals surface area contributed by atoms with Gasteiger partial charge in [0.2, 0.25) is 5.13 Å². The topological polar surface area (TPSA) is 76.9 Å². The van der Waals surface area contributed by atoms with Crippen LogP contribution in [0.3, 0.4) is 0 Å². The molecule has 0 fully saturated rings. The zero-order valence-electron chi connectivity index (χ0n) is 16.6. The maximum atomic E-state index is 14.2. The lowest BCUT2D eigenvalue weighted by Gasteiger charge is -2.10. The molecule has 33 heavy (non-hydrogen) atoms. The fourth-order valence-electron chi connectivity index (χ4n) is 3.01. The van der Waals surface area contributed by atoms with Crippen molar-refractivity contribution in [3.05, 3.63) is 99.2 Å². The van der Waals surface area contributed by atoms with Crippen LogP contribution in [-0.2, 0) is 12.7 Å². The first-order valence-corrected chi connectivity index (χ1v) is 10.3. The Kier molecular flexibility index (Phi) is 6.05. The molecule has 0 aliphatic rings. The molecule has 0 aliphatic carbocycles. The van der Waals surface area contributed by atoms with E-state index in [0.717, 1.165) is 18.2 Å². The van der Waals surface area contributed by atoms with Crippen LogP contribution in [0, 0.1) is 5.13 Å². The van der Waals surface area contributed by atoms with Gasteiger partial charge in [0, 0.05) is 24.0 Å². The van der Waals surface area contributed by atoms with E-state index in [-0.39, 0.29) is 28.5 Å². The van der Waals surface area contributed by atoms with Crippen molar-refractivity contribution in [1.82, 2.24) is 14.5 Å². The Morgan fingerprint density at radius 1 is 1.09 bits per heavy atom. The minimum absolute atomic E-state index is 0.00436. The third-order valence-electron chi connectivity index (χ3n) is 4.58. The molecule has 0 saturated heterocycles. The van der Waals surface area contributed by atoms with E-state index in [1.54, 1.807) is 18.2 Å². The second-order valence-corrected chi connectivity index (χ2v) is 7.84. The first-order chi connectivity index (χ1) is 15.7. The van der Waals surface area contributed by atoms with Gasteiger partial charge in [-0.05, 0) is 35.9 Å². The summed E-state index contributed by atoms with van der Waals surface area (Å²) in [5, 5.41) is 1.80. The number of rotatable bonds is 5. The zero-order valence-corrected chi connectivity index (χ0v) is 17.5. The number of benzene rings is 1. The maximum Gasteiger partial charge on any atom is 0.416 e. The summed E-state index contributed by atoms with van der Waals surface area (Å²) in [7, 11) is 0. The molecule has 0 radical (unpaired) electrons. The Hall–Kier alpha value is -3.86. The summed E-state index contributed by atoms with van der Waals surface area (Å²) in [6, 6.07) is 12.0. The lowest BCUT2D eigenvalue weighted by molar-refractivity contribution is -0.137. The minimum atomic E-state index is -4.49. The van der Waals surface area contributed by atoms with Crippen molar-refractivity contribution in [3.63, 3.8) is 0 Å². The van der Waals surface area contributed by atoms with Gasteiger partial charge < -0.3 is 4.57 Å². The Bertz CT molecular complexity index is 1370. The van der Waals surface area contributed by atoms with Crippen molar-refractivity contribution in [2.45, 2.75) is 12.7 Å². The summed E-state index contributed by atoms with van der Waals surface area (Å²) in [6.45, 7) is -0.101. The number of hydrogen-bond acceptors (Lipinski definition) is 5. The average molecular weight is 474 g/mol. The molecule has 0 unspecified atom stereocenters. The third-order valence-corrected chi connectivity index (χ3v) is 5.34. The van der Waals surface area contributed by atoms with E-state index in [0.29, 0.717) is 17.0 Å². The van der Waals surface area contributed by atoms with Crippen molar-refractivity contribution in [1.29, 1.82) is 0 Å². The molecule has 0 saturated carbocycles. The molecule has 6 nitrogen and oxygen atoms in total. The molecule has 0 aliphatic heterocycles. The van der Waals surface area contributed by atoms with Crippen LogP contribution in [-0.4, -0.2) is 20.4 Å². The number of thiazole rings is 1. The summed E-state index contributed by atoms with van der Waals surface area (Å²) in [4.78, 5) is 33.0. The molecule has 1 N–H and O–H groups in total. The van der Waals surface area contributed by atoms with Gasteiger partial charge in [-0.1, -0.05) is 29.5 Å². The van der Waals surface area contributed by atoms with Crippen LogP contribution in [0.5, 0.6) is 0 Å². The number of carbonyl (C=O) groups excluding carboxylic acids is 1. The van der Waals surface area contributed by atoms with E-state index < -0.39 is 28.3 Å². The Labute approximate surface area is 188 Å². The number of pyridine rings is 2. The molecule has 11 heteroatoms. The summed E-state index contributed by atoms with van der Waals surface area (Å²) in [6.07, 6.45) is -1.70.